The number of H-pyrrole nitrogens is 1. The van der Waals surface area contributed by atoms with Crippen molar-refractivity contribution in [2.45, 2.75) is 39.0 Å². The molecule has 0 aliphatic rings. The third kappa shape index (κ3) is 4.97. The zero-order chi connectivity index (χ0) is 24.5. The van der Waals surface area contributed by atoms with Crippen molar-refractivity contribution in [3.05, 3.63) is 47.9 Å². The Hall–Kier alpha value is -3.64. The first-order chi connectivity index (χ1) is 16.2. The zero-order valence-corrected chi connectivity index (χ0v) is 19.7. The molecule has 34 heavy (non-hydrogen) atoms. The number of benzene rings is 1. The van der Waals surface area contributed by atoms with Crippen molar-refractivity contribution >= 4 is 32.9 Å². The van der Waals surface area contributed by atoms with Crippen LogP contribution in [0, 0.1) is 0 Å². The van der Waals surface area contributed by atoms with Gasteiger partial charge in [0.25, 0.3) is 0 Å². The molecule has 4 rings (SSSR count). The van der Waals surface area contributed by atoms with E-state index in [0.717, 1.165) is 16.6 Å². The molecular weight excluding hydrogens is 458 g/mol. The van der Waals surface area contributed by atoms with Gasteiger partial charge in [-0.05, 0) is 31.4 Å². The molecule has 1 aromatic carbocycles. The number of fused-ring (bicyclic) bond motifs is 2. The lowest BCUT2D eigenvalue weighted by atomic mass is 10.1. The highest BCUT2D eigenvalue weighted by atomic mass is 32.3. The number of hydrogen-bond acceptors (Lipinski definition) is 6. The Labute approximate surface area is 196 Å². The van der Waals surface area contributed by atoms with Crippen LogP contribution in [-0.2, 0) is 16.8 Å². The van der Waals surface area contributed by atoms with Gasteiger partial charge in [-0.25, -0.2) is 9.97 Å². The fourth-order valence-electron chi connectivity index (χ4n) is 3.77. The largest absolute Gasteiger partial charge is 0.448 e. The number of rotatable bonds is 9. The van der Waals surface area contributed by atoms with Gasteiger partial charge in [0.05, 0.1) is 11.4 Å². The van der Waals surface area contributed by atoms with E-state index in [1.54, 1.807) is 6.20 Å². The van der Waals surface area contributed by atoms with E-state index in [9.17, 15) is 13.0 Å². The van der Waals surface area contributed by atoms with Crippen molar-refractivity contribution in [1.29, 1.82) is 0 Å². The smallest absolute Gasteiger partial charge is 0.370 e. The predicted octanol–water partition coefficient (Wildman–Crippen LogP) is 2.78. The van der Waals surface area contributed by atoms with E-state index >= 15 is 0 Å². The summed E-state index contributed by atoms with van der Waals surface area (Å²) in [7, 11) is -4.78. The van der Waals surface area contributed by atoms with Gasteiger partial charge >= 0.3 is 10.4 Å². The molecule has 0 aliphatic heterocycles. The van der Waals surface area contributed by atoms with Crippen molar-refractivity contribution in [3.8, 4) is 17.3 Å². The average molecular weight is 486 g/mol. The molecule has 0 fully saturated rings. The van der Waals surface area contributed by atoms with Crippen LogP contribution in [0.1, 0.15) is 44.0 Å². The van der Waals surface area contributed by atoms with Crippen LogP contribution in [-0.4, -0.2) is 44.8 Å². The van der Waals surface area contributed by atoms with E-state index in [-0.39, 0.29) is 17.8 Å². The summed E-state index contributed by atoms with van der Waals surface area (Å²) in [6.45, 7) is 4.26. The molecule has 180 valence electrons. The van der Waals surface area contributed by atoms with Crippen LogP contribution in [0.25, 0.3) is 27.9 Å². The van der Waals surface area contributed by atoms with Gasteiger partial charge in [-0.2, -0.15) is 8.42 Å². The van der Waals surface area contributed by atoms with Gasteiger partial charge in [0.2, 0.25) is 5.88 Å². The normalized spacial score (nSPS) is 12.8. The van der Waals surface area contributed by atoms with Crippen LogP contribution in [0.5, 0.6) is 5.88 Å². The summed E-state index contributed by atoms with van der Waals surface area (Å²) in [6.07, 6.45) is 3.42. The third-order valence-corrected chi connectivity index (χ3v) is 5.96. The van der Waals surface area contributed by atoms with Crippen molar-refractivity contribution in [1.82, 2.24) is 19.4 Å². The van der Waals surface area contributed by atoms with Crippen LogP contribution >= 0.6 is 0 Å². The molecule has 1 unspecified atom stereocenters. The molecule has 0 amide bonds. The number of aliphatic imine (C=N–C) groups is 1. The van der Waals surface area contributed by atoms with E-state index in [2.05, 4.69) is 15.0 Å². The van der Waals surface area contributed by atoms with Crippen LogP contribution in [0.2, 0.25) is 0 Å². The highest BCUT2D eigenvalue weighted by molar-refractivity contribution is 7.81. The van der Waals surface area contributed by atoms with Crippen molar-refractivity contribution in [3.63, 3.8) is 0 Å². The lowest BCUT2D eigenvalue weighted by Gasteiger charge is -2.09. The summed E-state index contributed by atoms with van der Waals surface area (Å²) >= 11 is 0. The number of nitrogens with two attached hydrogens (primary N) is 2. The maximum Gasteiger partial charge on any atom is 0.448 e. The van der Waals surface area contributed by atoms with Crippen molar-refractivity contribution < 1.29 is 17.2 Å². The minimum absolute atomic E-state index is 0.00800. The minimum atomic E-state index is -4.78. The molecule has 12 heteroatoms. The van der Waals surface area contributed by atoms with Gasteiger partial charge in [-0.15, -0.1) is 0 Å². The maximum atomic E-state index is 11.7. The number of aromatic nitrogens is 4. The Kier molecular flexibility index (Phi) is 6.44. The predicted molar refractivity (Wildman–Crippen MR) is 130 cm³/mol. The van der Waals surface area contributed by atoms with E-state index in [4.69, 9.17) is 20.6 Å². The van der Waals surface area contributed by atoms with Gasteiger partial charge in [0.15, 0.2) is 11.6 Å². The number of aryl methyl sites for hydroxylation is 1. The van der Waals surface area contributed by atoms with Gasteiger partial charge in [0, 0.05) is 29.6 Å². The zero-order valence-electron chi connectivity index (χ0n) is 18.9. The number of para-hydroxylation sites is 1. The molecule has 0 saturated heterocycles. The molecular formula is C22H27N7O4S. The van der Waals surface area contributed by atoms with Crippen molar-refractivity contribution in [2.24, 2.45) is 16.5 Å². The second-order valence-corrected chi connectivity index (χ2v) is 9.09. The molecule has 3 aromatic heterocycles. The second kappa shape index (κ2) is 9.31. The number of guanidine groups is 1. The molecule has 0 bridgehead atoms. The molecule has 11 nitrogen and oxygen atoms in total. The molecule has 0 saturated carbocycles. The van der Waals surface area contributed by atoms with Crippen LogP contribution in [0.15, 0.2) is 41.5 Å². The first-order valence-electron chi connectivity index (χ1n) is 10.9. The fourth-order valence-corrected chi connectivity index (χ4v) is 4.13. The van der Waals surface area contributed by atoms with Crippen molar-refractivity contribution in [2.75, 3.05) is 6.54 Å². The van der Waals surface area contributed by atoms with Crippen LogP contribution in [0.4, 0.5) is 0 Å². The number of nitrogens with one attached hydrogen (secondary N) is 1. The minimum Gasteiger partial charge on any atom is -0.370 e. The summed E-state index contributed by atoms with van der Waals surface area (Å²) in [5, 5.41) is 1.01. The van der Waals surface area contributed by atoms with Gasteiger partial charge < -0.3 is 20.6 Å². The van der Waals surface area contributed by atoms with E-state index in [0.29, 0.717) is 48.5 Å². The summed E-state index contributed by atoms with van der Waals surface area (Å²) < 4.78 is 39.3. The number of imidazole rings is 1. The topological polar surface area (TPSA) is 174 Å². The Morgan fingerprint density at radius 1 is 1.29 bits per heavy atom. The monoisotopic (exact) mass is 485 g/mol. The first kappa shape index (κ1) is 23.5. The van der Waals surface area contributed by atoms with Gasteiger partial charge in [-0.3, -0.25) is 13.9 Å². The Bertz CT molecular complexity index is 1440. The molecule has 3 heterocycles. The van der Waals surface area contributed by atoms with Gasteiger partial charge in [0.1, 0.15) is 11.4 Å². The molecule has 0 spiro atoms. The number of aromatic amines is 1. The molecule has 6 N–H and O–H groups in total. The first-order valence-corrected chi connectivity index (χ1v) is 12.2. The summed E-state index contributed by atoms with van der Waals surface area (Å²) in [5.74, 6) is -0.173. The molecule has 0 aliphatic carbocycles. The summed E-state index contributed by atoms with van der Waals surface area (Å²) in [4.78, 5) is 16.8. The summed E-state index contributed by atoms with van der Waals surface area (Å²) in [6, 6.07) is 9.77. The Morgan fingerprint density at radius 2 is 2.06 bits per heavy atom. The molecule has 1 atom stereocenters. The second-order valence-electron chi connectivity index (χ2n) is 8.07. The van der Waals surface area contributed by atoms with E-state index in [1.165, 1.54) is 4.40 Å². The highest BCUT2D eigenvalue weighted by Gasteiger charge is 2.25. The number of nitrogens with zero attached hydrogens (tertiary/aromatic N) is 4. The molecule has 4 aromatic rings. The highest BCUT2D eigenvalue weighted by Crippen LogP contribution is 2.33. The maximum absolute atomic E-state index is 11.7. The fraction of sp³-hybridized carbons (Fsp3) is 0.318. The quantitative estimate of drug-likeness (QED) is 0.121. The average Bonchev–Trinajstić information content (AvgIpc) is 3.37. The third-order valence-electron chi connectivity index (χ3n) is 5.59. The lowest BCUT2D eigenvalue weighted by Crippen LogP contribution is -2.23. The Balaban J connectivity index is 1.91. The Morgan fingerprint density at radius 3 is 2.74 bits per heavy atom. The van der Waals surface area contributed by atoms with Gasteiger partial charge in [-0.1, -0.05) is 32.0 Å². The lowest BCUT2D eigenvalue weighted by molar-refractivity contribution is 0.376. The standard InChI is InChI=1S/C22H27N7O4S/c1-3-13(2)19-21(33-34(30,31)32)29-12-18(17-11-14-7-4-5-8-15(14)26-17)27-16(20(29)28-19)9-6-10-25-22(23)24/h4-5,7-8,11-13,26H,3,6,9-10H2,1-2H3,(H4,23,24,25)(H,30,31,32). The van der Waals surface area contributed by atoms with Crippen LogP contribution < -0.4 is 15.7 Å². The molecule has 0 radical (unpaired) electrons. The van der Waals surface area contributed by atoms with E-state index in [1.807, 2.05) is 44.2 Å². The van der Waals surface area contributed by atoms with Crippen LogP contribution in [0.3, 0.4) is 0 Å². The summed E-state index contributed by atoms with van der Waals surface area (Å²) in [5.41, 5.74) is 14.6. The van der Waals surface area contributed by atoms with E-state index < -0.39 is 10.4 Å². The SMILES string of the molecule is CCC(C)c1nc2c(CCCN=C(N)N)nc(-c3cc4ccccc4[nH]3)cn2c1OS(=O)(=O)O. The number of hydrogen-bond donors (Lipinski definition) is 4.